The van der Waals surface area contributed by atoms with Gasteiger partial charge in [-0.2, -0.15) is 26.0 Å². The van der Waals surface area contributed by atoms with Crippen molar-refractivity contribution in [3.8, 4) is 0 Å². The van der Waals surface area contributed by atoms with E-state index in [0.717, 1.165) is 12.8 Å². The first-order chi connectivity index (χ1) is 7.00. The summed E-state index contributed by atoms with van der Waals surface area (Å²) in [5.41, 5.74) is 0. The fourth-order valence-electron chi connectivity index (χ4n) is 0.680. The average molecular weight is 332 g/mol. The Kier molecular flexibility index (Phi) is 87.1. The Bertz CT molecular complexity index is 149. The first-order valence-corrected chi connectivity index (χ1v) is 4.85. The number of hydrogen-bond donors (Lipinski definition) is 0. The van der Waals surface area contributed by atoms with Gasteiger partial charge in [-0.05, 0) is 0 Å². The normalized spacial score (nSPS) is 10.4. The van der Waals surface area contributed by atoms with E-state index in [1.807, 2.05) is 24.3 Å². The van der Waals surface area contributed by atoms with E-state index in [4.69, 9.17) is 0 Å². The van der Waals surface area contributed by atoms with Crippen LogP contribution in [0, 0.1) is 40.9 Å². The van der Waals surface area contributed by atoms with Crippen LogP contribution in [-0.2, 0) is 41.2 Å². The van der Waals surface area contributed by atoms with Gasteiger partial charge in [0.05, 0.1) is 0 Å². The van der Waals surface area contributed by atoms with E-state index in [9.17, 15) is 0 Å². The topological polar surface area (TPSA) is 0 Å². The average Bonchev–Trinajstić information content (AvgIpc) is 3.01. The fourth-order valence-corrected chi connectivity index (χ4v) is 0.680. The van der Waals surface area contributed by atoms with Crippen LogP contribution in [-0.4, -0.2) is 0 Å². The van der Waals surface area contributed by atoms with Gasteiger partial charge in [-0.25, -0.2) is 24.3 Å². The van der Waals surface area contributed by atoms with Gasteiger partial charge in [-0.15, -0.1) is 12.8 Å². The molecule has 0 saturated carbocycles. The van der Waals surface area contributed by atoms with Gasteiger partial charge in [0.2, 0.25) is 0 Å². The molecule has 0 spiro atoms. The molecule has 2 aliphatic carbocycles. The van der Waals surface area contributed by atoms with Crippen molar-refractivity contribution in [3.05, 3.63) is 77.3 Å². The Morgan fingerprint density at radius 2 is 1.06 bits per heavy atom. The minimum Gasteiger partial charge on any atom is -0.358 e. The van der Waals surface area contributed by atoms with Crippen molar-refractivity contribution >= 4 is 0 Å². The van der Waals surface area contributed by atoms with Crippen LogP contribution < -0.4 is 0 Å². The summed E-state index contributed by atoms with van der Waals surface area (Å²) in [6.07, 6.45) is 20.0. The van der Waals surface area contributed by atoms with Crippen LogP contribution in [0.2, 0.25) is 0 Å². The van der Waals surface area contributed by atoms with E-state index in [-0.39, 0.29) is 56.0 Å². The molecular weight excluding hydrogens is 305 g/mol. The molecule has 0 atom stereocenters. The van der Waals surface area contributed by atoms with Crippen molar-refractivity contribution in [2.45, 2.75) is 26.7 Å². The molecule has 2 heteroatoms. The first-order valence-electron chi connectivity index (χ1n) is 4.85. The molecule has 0 unspecified atom stereocenters. The minimum absolute atomic E-state index is 0. The predicted octanol–water partition coefficient (Wildman–Crippen LogP) is 5.19. The van der Waals surface area contributed by atoms with Crippen molar-refractivity contribution in [3.63, 3.8) is 0 Å². The second-order valence-corrected chi connectivity index (χ2v) is 2.01. The first kappa shape index (κ1) is 36.2. The fraction of sp³-hybridized carbons (Fsp3) is 0.250. The van der Waals surface area contributed by atoms with Gasteiger partial charge in [-0.3, -0.25) is 12.2 Å². The molecule has 100 valence electrons. The smallest absolute Gasteiger partial charge is 0.358 e. The van der Waals surface area contributed by atoms with Gasteiger partial charge in [0, 0.05) is 19.5 Å². The SMILES string of the molecule is [C-]1=CC=CC1.[C-]1=CC=CC1.[CH2-]C.[CH2-]C.[CH3-].[CH3-].[Ti+2].[Zn]. The molecule has 0 bridgehead atoms. The molecule has 0 nitrogen and oxygen atoms in total. The summed E-state index contributed by atoms with van der Waals surface area (Å²) in [5, 5.41) is 0. The summed E-state index contributed by atoms with van der Waals surface area (Å²) in [6, 6.07) is 0. The summed E-state index contributed by atoms with van der Waals surface area (Å²) < 4.78 is 0. The standard InChI is InChI=1S/2C5H5.2C2H5.2CH3.Ti.Zn/c2*1-2-4-5-3-1;2*1-2;;;;/h2*1-3H,4H2;2*1H2,2H3;2*1H3;;/q6*-1;+2;. The molecule has 0 aromatic rings. The Hall–Kier alpha value is 0.298. The summed E-state index contributed by atoms with van der Waals surface area (Å²) in [6.45, 7) is 10.0. The summed E-state index contributed by atoms with van der Waals surface area (Å²) >= 11 is 0. The van der Waals surface area contributed by atoms with Crippen LogP contribution in [0.5, 0.6) is 0 Å². The molecule has 0 fully saturated rings. The molecule has 0 amide bonds. The molecule has 18 heavy (non-hydrogen) atoms. The maximum absolute atomic E-state index is 3.25. The van der Waals surface area contributed by atoms with E-state index < -0.39 is 0 Å². The Morgan fingerprint density at radius 3 is 1.11 bits per heavy atom. The summed E-state index contributed by atoms with van der Waals surface area (Å²) in [4.78, 5) is 0. The van der Waals surface area contributed by atoms with E-state index in [0.29, 0.717) is 0 Å². The number of allylic oxidation sites excluding steroid dienone is 8. The molecule has 2 aliphatic rings. The third-order valence-corrected chi connectivity index (χ3v) is 1.17. The molecule has 2 rings (SSSR count). The van der Waals surface area contributed by atoms with Crippen LogP contribution in [0.3, 0.4) is 0 Å². The molecule has 0 radical (unpaired) electrons. The zero-order valence-corrected chi connectivity index (χ0v) is 17.0. The predicted molar refractivity (Wildman–Crippen MR) is 78.0 cm³/mol. The van der Waals surface area contributed by atoms with Crippen molar-refractivity contribution < 1.29 is 41.2 Å². The van der Waals surface area contributed by atoms with Crippen molar-refractivity contribution in [2.75, 3.05) is 0 Å². The maximum Gasteiger partial charge on any atom is 2.00 e. The third kappa shape index (κ3) is 36.0. The third-order valence-electron chi connectivity index (χ3n) is 1.17. The maximum atomic E-state index is 3.25. The van der Waals surface area contributed by atoms with Gasteiger partial charge in [0.25, 0.3) is 0 Å². The molecule has 0 aliphatic heterocycles. The van der Waals surface area contributed by atoms with Crippen LogP contribution in [0.25, 0.3) is 0 Å². The van der Waals surface area contributed by atoms with Gasteiger partial charge >= 0.3 is 21.7 Å². The minimum atomic E-state index is 0. The molecule has 0 N–H and O–H groups in total. The van der Waals surface area contributed by atoms with Gasteiger partial charge in [0.1, 0.15) is 0 Å². The molecule has 0 heterocycles. The second-order valence-electron chi connectivity index (χ2n) is 2.01. The quantitative estimate of drug-likeness (QED) is 0.423. The van der Waals surface area contributed by atoms with Crippen molar-refractivity contribution in [1.82, 2.24) is 0 Å². The van der Waals surface area contributed by atoms with Crippen molar-refractivity contribution in [1.29, 1.82) is 0 Å². The van der Waals surface area contributed by atoms with E-state index in [1.54, 1.807) is 13.8 Å². The Labute approximate surface area is 144 Å². The number of rotatable bonds is 0. The Morgan fingerprint density at radius 1 is 0.778 bits per heavy atom. The summed E-state index contributed by atoms with van der Waals surface area (Å²) in [7, 11) is 0. The van der Waals surface area contributed by atoms with Gasteiger partial charge < -0.3 is 28.7 Å². The zero-order valence-electron chi connectivity index (χ0n) is 12.5. The van der Waals surface area contributed by atoms with Gasteiger partial charge in [-0.1, -0.05) is 0 Å². The van der Waals surface area contributed by atoms with E-state index >= 15 is 0 Å². The summed E-state index contributed by atoms with van der Waals surface area (Å²) in [5.74, 6) is 0. The monoisotopic (exact) mass is 330 g/mol. The molecule has 0 aromatic carbocycles. The van der Waals surface area contributed by atoms with Crippen LogP contribution >= 0.6 is 0 Å². The van der Waals surface area contributed by atoms with Crippen LogP contribution in [0.1, 0.15) is 26.7 Å². The van der Waals surface area contributed by atoms with Crippen molar-refractivity contribution in [2.24, 2.45) is 0 Å². The van der Waals surface area contributed by atoms with Crippen LogP contribution in [0.15, 0.2) is 36.5 Å². The zero-order chi connectivity index (χ0) is 11.1. The molecule has 0 saturated heterocycles. The number of hydrogen-bond acceptors (Lipinski definition) is 0. The van der Waals surface area contributed by atoms with Gasteiger partial charge in [0.15, 0.2) is 0 Å². The second kappa shape index (κ2) is 43.3. The molecular formula is C16H26TiZn-4. The van der Waals surface area contributed by atoms with Crippen LogP contribution in [0.4, 0.5) is 0 Å². The van der Waals surface area contributed by atoms with E-state index in [2.05, 4.69) is 38.2 Å². The molecule has 0 aromatic heterocycles. The van der Waals surface area contributed by atoms with E-state index in [1.165, 1.54) is 0 Å². The largest absolute Gasteiger partial charge is 2.00 e. The Balaban J connectivity index is -0.0000000268.